The highest BCUT2D eigenvalue weighted by atomic mass is 32.2. The van der Waals surface area contributed by atoms with Gasteiger partial charge in [0.05, 0.1) is 10.5 Å². The van der Waals surface area contributed by atoms with Crippen LogP contribution in [0.15, 0.2) is 62.6 Å². The Morgan fingerprint density at radius 3 is 2.36 bits per heavy atom. The highest BCUT2D eigenvalue weighted by Crippen LogP contribution is 2.33. The van der Waals surface area contributed by atoms with E-state index in [1.807, 2.05) is 0 Å². The molecule has 0 saturated heterocycles. The fourth-order valence-corrected chi connectivity index (χ4v) is 2.91. The van der Waals surface area contributed by atoms with E-state index in [4.69, 9.17) is 4.42 Å². The number of sulfone groups is 1. The fourth-order valence-electron chi connectivity index (χ4n) is 2.26. The van der Waals surface area contributed by atoms with Crippen molar-refractivity contribution in [2.24, 2.45) is 0 Å². The van der Waals surface area contributed by atoms with Gasteiger partial charge >= 0.3 is 5.63 Å². The van der Waals surface area contributed by atoms with Crippen LogP contribution in [-0.2, 0) is 9.84 Å². The molecule has 0 aromatic heterocycles. The lowest BCUT2D eigenvalue weighted by Gasteiger charge is -1.99. The average molecular weight is 316 g/mol. The minimum Gasteiger partial charge on any atom is -0.508 e. The van der Waals surface area contributed by atoms with E-state index in [1.165, 1.54) is 24.3 Å². The number of rotatable bonds is 2. The molecule has 22 heavy (non-hydrogen) atoms. The molecular formula is C16H12O5S. The highest BCUT2D eigenvalue weighted by Gasteiger charge is 2.20. The molecule has 1 aromatic carbocycles. The number of benzene rings is 1. The van der Waals surface area contributed by atoms with Crippen LogP contribution in [0, 0.1) is 0 Å². The molecule has 2 aliphatic rings. The third kappa shape index (κ3) is 2.48. The molecule has 0 fully saturated rings. The Bertz CT molecular complexity index is 968. The molecule has 112 valence electrons. The predicted molar refractivity (Wildman–Crippen MR) is 81.8 cm³/mol. The first-order valence-corrected chi connectivity index (χ1v) is 8.32. The first kappa shape index (κ1) is 14.3. The Kier molecular flexibility index (Phi) is 3.26. The Morgan fingerprint density at radius 1 is 1.05 bits per heavy atom. The Balaban J connectivity index is 2.26. The zero-order valence-electron chi connectivity index (χ0n) is 11.6. The number of aromatic hydroxyl groups is 1. The molecule has 3 rings (SSSR count). The molecule has 0 spiro atoms. The second kappa shape index (κ2) is 4.99. The van der Waals surface area contributed by atoms with E-state index >= 15 is 0 Å². The molecule has 0 amide bonds. The van der Waals surface area contributed by atoms with Gasteiger partial charge in [0.1, 0.15) is 11.5 Å². The second-order valence-corrected chi connectivity index (χ2v) is 6.95. The lowest BCUT2D eigenvalue weighted by molar-refractivity contribution is 0.475. The molecule has 1 N–H and O–H groups in total. The van der Waals surface area contributed by atoms with Crippen molar-refractivity contribution in [1.29, 1.82) is 0 Å². The molecule has 5 nitrogen and oxygen atoms in total. The predicted octanol–water partition coefficient (Wildman–Crippen LogP) is 2.52. The number of furan rings is 1. The minimum absolute atomic E-state index is 0.0773. The zero-order chi connectivity index (χ0) is 15.9. The van der Waals surface area contributed by atoms with Crippen molar-refractivity contribution in [2.75, 3.05) is 6.26 Å². The maximum absolute atomic E-state index is 12.1. The summed E-state index contributed by atoms with van der Waals surface area (Å²) in [5.74, 6) is 0.299. The summed E-state index contributed by atoms with van der Waals surface area (Å²) < 4.78 is 28.5. The molecule has 0 unspecified atom stereocenters. The van der Waals surface area contributed by atoms with Gasteiger partial charge in [0, 0.05) is 17.9 Å². The van der Waals surface area contributed by atoms with Crippen LogP contribution in [0.3, 0.4) is 0 Å². The minimum atomic E-state index is -3.41. The van der Waals surface area contributed by atoms with Crippen LogP contribution in [0.5, 0.6) is 5.75 Å². The van der Waals surface area contributed by atoms with Crippen molar-refractivity contribution in [3.05, 3.63) is 59.0 Å². The molecule has 0 saturated carbocycles. The standard InChI is InChI=1S/C16H12O5S/c1-22(19,20)12-3-2-4-13-14(9-12)21-16(18)15(13)10-5-7-11(17)8-6-10/h2-9,17H,1H3. The largest absolute Gasteiger partial charge is 0.508 e. The number of phenols is 1. The van der Waals surface area contributed by atoms with Crippen LogP contribution >= 0.6 is 0 Å². The van der Waals surface area contributed by atoms with Gasteiger partial charge < -0.3 is 9.52 Å². The average Bonchev–Trinajstić information content (AvgIpc) is 2.61. The van der Waals surface area contributed by atoms with Crippen molar-refractivity contribution in [3.8, 4) is 28.2 Å². The van der Waals surface area contributed by atoms with Crippen LogP contribution < -0.4 is 5.63 Å². The number of phenolic OH excluding ortho intramolecular Hbond substituents is 1. The van der Waals surface area contributed by atoms with Gasteiger partial charge in [-0.05, 0) is 23.8 Å². The monoisotopic (exact) mass is 316 g/mol. The van der Waals surface area contributed by atoms with Gasteiger partial charge in [0.25, 0.3) is 0 Å². The topological polar surface area (TPSA) is 84.6 Å². The molecule has 1 aliphatic heterocycles. The Hall–Kier alpha value is -2.60. The summed E-state index contributed by atoms with van der Waals surface area (Å²) in [5, 5.41) is 9.33. The SMILES string of the molecule is CS(=O)(=O)c1cccc2c(-c3ccc(O)cc3)c(=O)oc-2c1. The van der Waals surface area contributed by atoms with E-state index in [9.17, 15) is 18.3 Å². The van der Waals surface area contributed by atoms with Gasteiger partial charge in [-0.25, -0.2) is 13.2 Å². The summed E-state index contributed by atoms with van der Waals surface area (Å²) in [6.45, 7) is 0. The van der Waals surface area contributed by atoms with Crippen LogP contribution in [0.4, 0.5) is 0 Å². The van der Waals surface area contributed by atoms with Gasteiger partial charge in [-0.15, -0.1) is 0 Å². The molecule has 1 heterocycles. The third-order valence-corrected chi connectivity index (χ3v) is 4.43. The lowest BCUT2D eigenvalue weighted by atomic mass is 10.0. The van der Waals surface area contributed by atoms with Crippen LogP contribution in [0.1, 0.15) is 0 Å². The van der Waals surface area contributed by atoms with E-state index < -0.39 is 15.5 Å². The summed E-state index contributed by atoms with van der Waals surface area (Å²) in [7, 11) is -3.41. The van der Waals surface area contributed by atoms with E-state index in [1.54, 1.807) is 24.3 Å². The van der Waals surface area contributed by atoms with E-state index in [-0.39, 0.29) is 16.4 Å². The number of hydrogen-bond acceptors (Lipinski definition) is 5. The Labute approximate surface area is 126 Å². The molecule has 0 atom stereocenters. The van der Waals surface area contributed by atoms with Crippen molar-refractivity contribution >= 4 is 9.84 Å². The van der Waals surface area contributed by atoms with Crippen LogP contribution in [-0.4, -0.2) is 19.8 Å². The number of fused-ring (bicyclic) bond motifs is 1. The van der Waals surface area contributed by atoms with Gasteiger partial charge in [0.15, 0.2) is 9.84 Å². The molecule has 0 bridgehead atoms. The zero-order valence-corrected chi connectivity index (χ0v) is 12.4. The summed E-state index contributed by atoms with van der Waals surface area (Å²) in [5.41, 5.74) is 0.899. The van der Waals surface area contributed by atoms with E-state index in [0.717, 1.165) is 6.26 Å². The van der Waals surface area contributed by atoms with Gasteiger partial charge in [-0.2, -0.15) is 0 Å². The van der Waals surface area contributed by atoms with Crippen molar-refractivity contribution < 1.29 is 17.9 Å². The molecular weight excluding hydrogens is 304 g/mol. The van der Waals surface area contributed by atoms with Crippen LogP contribution in [0.2, 0.25) is 0 Å². The molecule has 1 aromatic rings. The first-order chi connectivity index (χ1) is 10.4. The second-order valence-electron chi connectivity index (χ2n) is 4.93. The van der Waals surface area contributed by atoms with E-state index in [0.29, 0.717) is 16.7 Å². The summed E-state index contributed by atoms with van der Waals surface area (Å²) >= 11 is 0. The highest BCUT2D eigenvalue weighted by molar-refractivity contribution is 7.90. The lowest BCUT2D eigenvalue weighted by Crippen LogP contribution is -1.95. The van der Waals surface area contributed by atoms with Crippen molar-refractivity contribution in [1.82, 2.24) is 0 Å². The normalized spacial score (nSPS) is 11.7. The Morgan fingerprint density at radius 2 is 1.73 bits per heavy atom. The van der Waals surface area contributed by atoms with Gasteiger partial charge in [0.2, 0.25) is 0 Å². The fraction of sp³-hybridized carbons (Fsp3) is 0.0625. The maximum atomic E-state index is 12.1. The summed E-state index contributed by atoms with van der Waals surface area (Å²) in [4.78, 5) is 12.2. The maximum Gasteiger partial charge on any atom is 0.344 e. The van der Waals surface area contributed by atoms with Gasteiger partial charge in [-0.1, -0.05) is 24.3 Å². The van der Waals surface area contributed by atoms with Crippen molar-refractivity contribution in [3.63, 3.8) is 0 Å². The molecule has 6 heteroatoms. The number of hydrogen-bond donors (Lipinski definition) is 1. The van der Waals surface area contributed by atoms with Gasteiger partial charge in [-0.3, -0.25) is 0 Å². The van der Waals surface area contributed by atoms with Crippen LogP contribution in [0.25, 0.3) is 22.5 Å². The van der Waals surface area contributed by atoms with Crippen molar-refractivity contribution in [2.45, 2.75) is 4.90 Å². The van der Waals surface area contributed by atoms with E-state index in [2.05, 4.69) is 0 Å². The smallest absolute Gasteiger partial charge is 0.344 e. The first-order valence-electron chi connectivity index (χ1n) is 6.42. The third-order valence-electron chi connectivity index (χ3n) is 3.32. The quantitative estimate of drug-likeness (QED) is 0.785. The summed E-state index contributed by atoms with van der Waals surface area (Å²) in [6, 6.07) is 12.1. The molecule has 0 radical (unpaired) electrons. The molecule has 1 aliphatic carbocycles. The summed E-state index contributed by atoms with van der Waals surface area (Å²) in [6.07, 6.45) is 1.09.